The summed E-state index contributed by atoms with van der Waals surface area (Å²) in [5.41, 5.74) is 0.851. The van der Waals surface area contributed by atoms with E-state index in [1.165, 1.54) is 0 Å². The largest absolute Gasteiger partial charge is 0.310 e. The summed E-state index contributed by atoms with van der Waals surface area (Å²) in [5.74, 6) is 0. The Hall–Kier alpha value is -0.910. The molecule has 5 heteroatoms. The first-order valence-corrected chi connectivity index (χ1v) is 9.20. The van der Waals surface area contributed by atoms with E-state index in [2.05, 4.69) is 19.2 Å². The van der Waals surface area contributed by atoms with Crippen LogP contribution in [0.4, 0.5) is 0 Å². The SMILES string of the molecule is CC(C)NCc1ccccc1S(=O)(=O)N1CCCCC1C. The van der Waals surface area contributed by atoms with E-state index in [0.717, 1.165) is 24.8 Å². The molecule has 0 aromatic heterocycles. The monoisotopic (exact) mass is 310 g/mol. The molecule has 1 aliphatic heterocycles. The first-order valence-electron chi connectivity index (χ1n) is 7.76. The van der Waals surface area contributed by atoms with Gasteiger partial charge in [0.1, 0.15) is 0 Å². The second kappa shape index (κ2) is 6.90. The number of benzene rings is 1. The summed E-state index contributed by atoms with van der Waals surface area (Å²) in [6, 6.07) is 7.76. The highest BCUT2D eigenvalue weighted by atomic mass is 32.2. The smallest absolute Gasteiger partial charge is 0.243 e. The fourth-order valence-electron chi connectivity index (χ4n) is 2.77. The molecule has 0 amide bonds. The van der Waals surface area contributed by atoms with E-state index >= 15 is 0 Å². The molecule has 1 fully saturated rings. The predicted octanol–water partition coefficient (Wildman–Crippen LogP) is 2.75. The lowest BCUT2D eigenvalue weighted by atomic mass is 10.1. The summed E-state index contributed by atoms with van der Waals surface area (Å²) in [7, 11) is -3.40. The van der Waals surface area contributed by atoms with Crippen LogP contribution in [0, 0.1) is 0 Å². The van der Waals surface area contributed by atoms with Gasteiger partial charge in [-0.25, -0.2) is 8.42 Å². The van der Waals surface area contributed by atoms with Crippen molar-refractivity contribution < 1.29 is 8.42 Å². The van der Waals surface area contributed by atoms with E-state index < -0.39 is 10.0 Å². The predicted molar refractivity (Wildman–Crippen MR) is 85.6 cm³/mol. The van der Waals surface area contributed by atoms with Crippen LogP contribution in [0.25, 0.3) is 0 Å². The third kappa shape index (κ3) is 3.84. The molecule has 1 aromatic carbocycles. The molecule has 0 radical (unpaired) electrons. The standard InChI is InChI=1S/C16H26N2O2S/c1-13(2)17-12-15-9-4-5-10-16(15)21(19,20)18-11-7-6-8-14(18)3/h4-5,9-10,13-14,17H,6-8,11-12H2,1-3H3. The lowest BCUT2D eigenvalue weighted by molar-refractivity contribution is 0.268. The van der Waals surface area contributed by atoms with E-state index in [4.69, 9.17) is 0 Å². The van der Waals surface area contributed by atoms with Crippen molar-refractivity contribution >= 4 is 10.0 Å². The Bertz CT molecular complexity index is 569. The minimum atomic E-state index is -3.40. The van der Waals surface area contributed by atoms with Crippen molar-refractivity contribution in [2.75, 3.05) is 6.54 Å². The van der Waals surface area contributed by atoms with E-state index in [1.54, 1.807) is 16.4 Å². The van der Waals surface area contributed by atoms with Crippen LogP contribution >= 0.6 is 0 Å². The Kier molecular flexibility index (Phi) is 5.41. The first-order chi connectivity index (χ1) is 9.93. The zero-order valence-electron chi connectivity index (χ0n) is 13.2. The van der Waals surface area contributed by atoms with Crippen molar-refractivity contribution in [3.05, 3.63) is 29.8 Å². The van der Waals surface area contributed by atoms with Crippen LogP contribution in [0.15, 0.2) is 29.2 Å². The highest BCUT2D eigenvalue weighted by molar-refractivity contribution is 7.89. The Labute approximate surface area is 128 Å². The lowest BCUT2D eigenvalue weighted by Crippen LogP contribution is -2.42. The summed E-state index contributed by atoms with van der Waals surface area (Å²) in [6.07, 6.45) is 3.02. The van der Waals surface area contributed by atoms with Crippen LogP contribution in [0.3, 0.4) is 0 Å². The van der Waals surface area contributed by atoms with Crippen LogP contribution < -0.4 is 5.32 Å². The molecular weight excluding hydrogens is 284 g/mol. The average molecular weight is 310 g/mol. The molecule has 1 heterocycles. The highest BCUT2D eigenvalue weighted by Gasteiger charge is 2.32. The van der Waals surface area contributed by atoms with Gasteiger partial charge in [0.25, 0.3) is 0 Å². The van der Waals surface area contributed by atoms with Gasteiger partial charge >= 0.3 is 0 Å². The van der Waals surface area contributed by atoms with Gasteiger partial charge in [0.2, 0.25) is 10.0 Å². The molecule has 1 aliphatic rings. The topological polar surface area (TPSA) is 49.4 Å². The quantitative estimate of drug-likeness (QED) is 0.910. The molecule has 0 aliphatic carbocycles. The van der Waals surface area contributed by atoms with Gasteiger partial charge in [0.15, 0.2) is 0 Å². The maximum atomic E-state index is 13.0. The van der Waals surface area contributed by atoms with Crippen LogP contribution in [0.1, 0.15) is 45.6 Å². The van der Waals surface area contributed by atoms with Gasteiger partial charge in [-0.2, -0.15) is 4.31 Å². The third-order valence-electron chi connectivity index (χ3n) is 4.00. The molecule has 118 valence electrons. The summed E-state index contributed by atoms with van der Waals surface area (Å²) in [4.78, 5) is 0.451. The van der Waals surface area contributed by atoms with E-state index in [-0.39, 0.29) is 6.04 Å². The van der Waals surface area contributed by atoms with E-state index in [1.807, 2.05) is 19.1 Å². The number of nitrogens with zero attached hydrogens (tertiary/aromatic N) is 1. The summed E-state index contributed by atoms with van der Waals surface area (Å²) < 4.78 is 27.6. The second-order valence-corrected chi connectivity index (χ2v) is 7.96. The zero-order chi connectivity index (χ0) is 15.5. The van der Waals surface area contributed by atoms with Crippen molar-refractivity contribution in [3.63, 3.8) is 0 Å². The van der Waals surface area contributed by atoms with Gasteiger partial charge in [0.05, 0.1) is 4.90 Å². The van der Waals surface area contributed by atoms with Crippen LogP contribution in [-0.2, 0) is 16.6 Å². The molecule has 0 spiro atoms. The fraction of sp³-hybridized carbons (Fsp3) is 0.625. The Morgan fingerprint density at radius 1 is 1.29 bits per heavy atom. The van der Waals surface area contributed by atoms with Crippen LogP contribution in [0.5, 0.6) is 0 Å². The first kappa shape index (κ1) is 16.5. The third-order valence-corrected chi connectivity index (χ3v) is 6.12. The Morgan fingerprint density at radius 2 is 2.00 bits per heavy atom. The molecule has 21 heavy (non-hydrogen) atoms. The van der Waals surface area contributed by atoms with Gasteiger partial charge in [-0.05, 0) is 31.4 Å². The number of rotatable bonds is 5. The normalized spacial score (nSPS) is 20.9. The second-order valence-electron chi connectivity index (χ2n) is 6.10. The van der Waals surface area contributed by atoms with Gasteiger partial charge in [-0.15, -0.1) is 0 Å². The van der Waals surface area contributed by atoms with Crippen molar-refractivity contribution in [3.8, 4) is 0 Å². The number of hydrogen-bond acceptors (Lipinski definition) is 3. The Balaban J connectivity index is 2.31. The van der Waals surface area contributed by atoms with E-state index in [9.17, 15) is 8.42 Å². The van der Waals surface area contributed by atoms with E-state index in [0.29, 0.717) is 24.0 Å². The zero-order valence-corrected chi connectivity index (χ0v) is 14.0. The van der Waals surface area contributed by atoms with Crippen molar-refractivity contribution in [2.24, 2.45) is 0 Å². The van der Waals surface area contributed by atoms with Gasteiger partial charge in [0, 0.05) is 25.2 Å². The molecule has 1 N–H and O–H groups in total. The minimum Gasteiger partial charge on any atom is -0.310 e. The molecule has 0 saturated carbocycles. The molecule has 1 saturated heterocycles. The minimum absolute atomic E-state index is 0.0925. The number of sulfonamides is 1. The van der Waals surface area contributed by atoms with Crippen LogP contribution in [-0.4, -0.2) is 31.4 Å². The molecular formula is C16H26N2O2S. The van der Waals surface area contributed by atoms with Gasteiger partial charge in [-0.1, -0.05) is 38.5 Å². The van der Waals surface area contributed by atoms with Gasteiger partial charge < -0.3 is 5.32 Å². The van der Waals surface area contributed by atoms with Crippen LogP contribution in [0.2, 0.25) is 0 Å². The molecule has 1 atom stereocenters. The molecule has 2 rings (SSSR count). The lowest BCUT2D eigenvalue weighted by Gasteiger charge is -2.32. The number of nitrogens with one attached hydrogen (secondary N) is 1. The molecule has 4 nitrogen and oxygen atoms in total. The summed E-state index contributed by atoms with van der Waals surface area (Å²) in [6.45, 7) is 7.34. The van der Waals surface area contributed by atoms with Gasteiger partial charge in [-0.3, -0.25) is 0 Å². The van der Waals surface area contributed by atoms with Crippen molar-refractivity contribution in [2.45, 2.75) is 63.6 Å². The van der Waals surface area contributed by atoms with Crippen molar-refractivity contribution in [1.29, 1.82) is 0 Å². The average Bonchev–Trinajstić information content (AvgIpc) is 2.45. The highest BCUT2D eigenvalue weighted by Crippen LogP contribution is 2.27. The fourth-order valence-corrected chi connectivity index (χ4v) is 4.69. The maximum Gasteiger partial charge on any atom is 0.243 e. The summed E-state index contributed by atoms with van der Waals surface area (Å²) >= 11 is 0. The molecule has 1 unspecified atom stereocenters. The van der Waals surface area contributed by atoms with Crippen molar-refractivity contribution in [1.82, 2.24) is 9.62 Å². The molecule has 0 bridgehead atoms. The molecule has 1 aromatic rings. The Morgan fingerprint density at radius 3 is 2.67 bits per heavy atom. The number of hydrogen-bond donors (Lipinski definition) is 1. The summed E-state index contributed by atoms with van der Waals surface area (Å²) in [5, 5.41) is 3.31. The number of piperidine rings is 1. The maximum absolute atomic E-state index is 13.0.